The fourth-order valence-corrected chi connectivity index (χ4v) is 5.17. The highest BCUT2D eigenvalue weighted by molar-refractivity contribution is 7.91. The Balaban J connectivity index is 1.82. The summed E-state index contributed by atoms with van der Waals surface area (Å²) >= 11 is 0. The van der Waals surface area contributed by atoms with Crippen molar-refractivity contribution in [3.8, 4) is 0 Å². The van der Waals surface area contributed by atoms with Gasteiger partial charge in [0.15, 0.2) is 9.84 Å². The lowest BCUT2D eigenvalue weighted by Gasteiger charge is -2.27. The van der Waals surface area contributed by atoms with E-state index in [0.717, 1.165) is 30.5 Å². The van der Waals surface area contributed by atoms with Crippen molar-refractivity contribution in [2.75, 3.05) is 41.4 Å². The Morgan fingerprint density at radius 3 is 2.48 bits per heavy atom. The summed E-state index contributed by atoms with van der Waals surface area (Å²) in [5, 5.41) is 0. The number of hydrogen-bond donors (Lipinski definition) is 0. The molecular formula is C16H26N4O2S. The van der Waals surface area contributed by atoms with Gasteiger partial charge in [-0.3, -0.25) is 0 Å². The molecule has 7 heteroatoms. The third-order valence-corrected chi connectivity index (χ3v) is 6.59. The molecule has 3 heterocycles. The van der Waals surface area contributed by atoms with Gasteiger partial charge in [0, 0.05) is 37.9 Å². The van der Waals surface area contributed by atoms with Gasteiger partial charge in [-0.15, -0.1) is 0 Å². The van der Waals surface area contributed by atoms with Gasteiger partial charge in [-0.1, -0.05) is 12.8 Å². The maximum Gasteiger partial charge on any atom is 0.227 e. The zero-order valence-corrected chi connectivity index (χ0v) is 14.8. The van der Waals surface area contributed by atoms with Crippen LogP contribution in [-0.4, -0.2) is 56.1 Å². The second kappa shape index (κ2) is 6.63. The van der Waals surface area contributed by atoms with E-state index in [4.69, 9.17) is 4.98 Å². The van der Waals surface area contributed by atoms with Crippen LogP contribution in [0.3, 0.4) is 0 Å². The molecule has 1 unspecified atom stereocenters. The minimum absolute atomic E-state index is 0.0197. The second-order valence-corrected chi connectivity index (χ2v) is 8.97. The molecule has 1 aromatic rings. The second-order valence-electron chi connectivity index (χ2n) is 6.74. The Morgan fingerprint density at radius 2 is 1.87 bits per heavy atom. The van der Waals surface area contributed by atoms with Crippen LogP contribution in [0.2, 0.25) is 0 Å². The Labute approximate surface area is 138 Å². The van der Waals surface area contributed by atoms with Crippen LogP contribution in [0.4, 0.5) is 11.8 Å². The summed E-state index contributed by atoms with van der Waals surface area (Å²) < 4.78 is 23.5. The molecule has 128 valence electrons. The summed E-state index contributed by atoms with van der Waals surface area (Å²) in [5.74, 6) is 2.13. The topological polar surface area (TPSA) is 66.4 Å². The number of hydrogen-bond acceptors (Lipinski definition) is 6. The first-order valence-corrected chi connectivity index (χ1v) is 10.3. The van der Waals surface area contributed by atoms with Crippen LogP contribution in [0.1, 0.15) is 37.8 Å². The third-order valence-electron chi connectivity index (χ3n) is 4.84. The molecule has 6 nitrogen and oxygen atoms in total. The van der Waals surface area contributed by atoms with E-state index in [1.54, 1.807) is 0 Å². The molecule has 0 bridgehead atoms. The lowest BCUT2D eigenvalue weighted by Crippen LogP contribution is -2.34. The average Bonchev–Trinajstić information content (AvgIpc) is 2.73. The van der Waals surface area contributed by atoms with Crippen molar-refractivity contribution < 1.29 is 8.42 Å². The largest absolute Gasteiger partial charge is 0.355 e. The zero-order valence-electron chi connectivity index (χ0n) is 14.0. The SMILES string of the molecule is Cc1cc(N(C)C2CCS(=O)(=O)C2)nc(N2CCCCCC2)n1. The van der Waals surface area contributed by atoms with Crippen molar-refractivity contribution in [2.24, 2.45) is 0 Å². The normalized spacial score (nSPS) is 24.4. The summed E-state index contributed by atoms with van der Waals surface area (Å²) in [5.41, 5.74) is 0.932. The van der Waals surface area contributed by atoms with E-state index in [2.05, 4.69) is 9.88 Å². The highest BCUT2D eigenvalue weighted by Gasteiger charge is 2.31. The van der Waals surface area contributed by atoms with Crippen LogP contribution in [0.15, 0.2) is 6.07 Å². The maximum atomic E-state index is 11.7. The van der Waals surface area contributed by atoms with Crippen molar-refractivity contribution in [1.82, 2.24) is 9.97 Å². The summed E-state index contributed by atoms with van der Waals surface area (Å²) in [6, 6.07) is 1.97. The summed E-state index contributed by atoms with van der Waals surface area (Å²) in [7, 11) is -0.946. The van der Waals surface area contributed by atoms with Crippen molar-refractivity contribution >= 4 is 21.6 Å². The highest BCUT2D eigenvalue weighted by Crippen LogP contribution is 2.24. The van der Waals surface area contributed by atoms with Crippen molar-refractivity contribution in [2.45, 2.75) is 45.1 Å². The molecule has 2 aliphatic rings. The van der Waals surface area contributed by atoms with Crippen LogP contribution in [-0.2, 0) is 9.84 Å². The lowest BCUT2D eigenvalue weighted by molar-refractivity contribution is 0.600. The van der Waals surface area contributed by atoms with E-state index in [0.29, 0.717) is 6.42 Å². The molecular weight excluding hydrogens is 312 g/mol. The van der Waals surface area contributed by atoms with Gasteiger partial charge in [0.05, 0.1) is 11.5 Å². The minimum atomic E-state index is -2.89. The molecule has 0 saturated carbocycles. The van der Waals surface area contributed by atoms with Crippen molar-refractivity contribution in [3.05, 3.63) is 11.8 Å². The van der Waals surface area contributed by atoms with Gasteiger partial charge < -0.3 is 9.80 Å². The number of rotatable bonds is 3. The monoisotopic (exact) mass is 338 g/mol. The summed E-state index contributed by atoms with van der Waals surface area (Å²) in [6.07, 6.45) is 5.59. The summed E-state index contributed by atoms with van der Waals surface area (Å²) in [6.45, 7) is 3.99. The van der Waals surface area contributed by atoms with Crippen molar-refractivity contribution in [3.63, 3.8) is 0 Å². The molecule has 1 aromatic heterocycles. The molecule has 1 atom stereocenters. The van der Waals surface area contributed by atoms with E-state index < -0.39 is 9.84 Å². The van der Waals surface area contributed by atoms with E-state index in [1.807, 2.05) is 24.9 Å². The first-order chi connectivity index (χ1) is 10.9. The van der Waals surface area contributed by atoms with Gasteiger partial charge in [-0.2, -0.15) is 4.98 Å². The number of aryl methyl sites for hydroxylation is 1. The Hall–Kier alpha value is -1.37. The fraction of sp³-hybridized carbons (Fsp3) is 0.750. The molecule has 2 fully saturated rings. The van der Waals surface area contributed by atoms with Crippen LogP contribution in [0.5, 0.6) is 0 Å². The Bertz CT molecular complexity index is 654. The molecule has 0 aromatic carbocycles. The van der Waals surface area contributed by atoms with E-state index in [9.17, 15) is 8.42 Å². The molecule has 0 amide bonds. The average molecular weight is 338 g/mol. The molecule has 0 aliphatic carbocycles. The van der Waals surface area contributed by atoms with Gasteiger partial charge in [0.1, 0.15) is 5.82 Å². The molecule has 0 N–H and O–H groups in total. The van der Waals surface area contributed by atoms with E-state index in [1.165, 1.54) is 25.7 Å². The van der Waals surface area contributed by atoms with Crippen LogP contribution < -0.4 is 9.80 Å². The lowest BCUT2D eigenvalue weighted by atomic mass is 10.2. The molecule has 0 spiro atoms. The Kier molecular flexibility index (Phi) is 4.75. The Morgan fingerprint density at radius 1 is 1.17 bits per heavy atom. The number of nitrogens with zero attached hydrogens (tertiary/aromatic N) is 4. The predicted octanol–water partition coefficient (Wildman–Crippen LogP) is 1.79. The first-order valence-electron chi connectivity index (χ1n) is 8.48. The smallest absolute Gasteiger partial charge is 0.227 e. The minimum Gasteiger partial charge on any atom is -0.355 e. The number of aromatic nitrogens is 2. The quantitative estimate of drug-likeness (QED) is 0.837. The van der Waals surface area contributed by atoms with Gasteiger partial charge in [-0.25, -0.2) is 13.4 Å². The third kappa shape index (κ3) is 3.94. The van der Waals surface area contributed by atoms with Gasteiger partial charge in [-0.05, 0) is 26.2 Å². The number of sulfone groups is 1. The molecule has 23 heavy (non-hydrogen) atoms. The molecule has 2 saturated heterocycles. The maximum absolute atomic E-state index is 11.7. The zero-order chi connectivity index (χ0) is 16.4. The van der Waals surface area contributed by atoms with Crippen molar-refractivity contribution in [1.29, 1.82) is 0 Å². The van der Waals surface area contributed by atoms with Gasteiger partial charge in [0.2, 0.25) is 5.95 Å². The molecule has 0 radical (unpaired) electrons. The first kappa shape index (κ1) is 16.5. The molecule has 3 rings (SSSR count). The molecule has 2 aliphatic heterocycles. The van der Waals surface area contributed by atoms with E-state index >= 15 is 0 Å². The van der Waals surface area contributed by atoms with Gasteiger partial charge >= 0.3 is 0 Å². The van der Waals surface area contributed by atoms with Crippen LogP contribution in [0, 0.1) is 6.92 Å². The van der Waals surface area contributed by atoms with Gasteiger partial charge in [0.25, 0.3) is 0 Å². The van der Waals surface area contributed by atoms with Crippen LogP contribution in [0.25, 0.3) is 0 Å². The van der Waals surface area contributed by atoms with Crippen LogP contribution >= 0.6 is 0 Å². The highest BCUT2D eigenvalue weighted by atomic mass is 32.2. The summed E-state index contributed by atoms with van der Waals surface area (Å²) in [4.78, 5) is 13.6. The standard InChI is InChI=1S/C16H26N4O2S/c1-13-11-15(19(2)14-7-10-23(21,22)12-14)18-16(17-13)20-8-5-3-4-6-9-20/h11,14H,3-10,12H2,1-2H3. The predicted molar refractivity (Wildman–Crippen MR) is 92.9 cm³/mol. The number of anilines is 2. The fourth-order valence-electron chi connectivity index (χ4n) is 3.40. The van der Waals surface area contributed by atoms with E-state index in [-0.39, 0.29) is 17.5 Å².